The van der Waals surface area contributed by atoms with Gasteiger partial charge in [0.25, 0.3) is 5.91 Å². The maximum Gasteiger partial charge on any atom is 0.274 e. The van der Waals surface area contributed by atoms with Gasteiger partial charge < -0.3 is 10.4 Å². The molecule has 0 atom stereocenters. The number of anilines is 1. The van der Waals surface area contributed by atoms with E-state index in [4.69, 9.17) is 0 Å². The van der Waals surface area contributed by atoms with Crippen LogP contribution in [-0.4, -0.2) is 31.6 Å². The number of carbonyl (C=O) groups excluding carboxylic acids is 2. The van der Waals surface area contributed by atoms with Crippen molar-refractivity contribution < 1.29 is 14.7 Å². The number of aromatic nitrogens is 3. The molecule has 4 rings (SSSR count). The molecule has 1 aromatic carbocycles. The van der Waals surface area contributed by atoms with E-state index in [2.05, 4.69) is 15.4 Å². The van der Waals surface area contributed by atoms with Crippen molar-refractivity contribution in [3.8, 4) is 0 Å². The lowest BCUT2D eigenvalue weighted by Gasteiger charge is -2.28. The highest BCUT2D eigenvalue weighted by molar-refractivity contribution is 6.04. The minimum absolute atomic E-state index is 0.150. The van der Waals surface area contributed by atoms with Crippen molar-refractivity contribution >= 4 is 28.3 Å². The highest BCUT2D eigenvalue weighted by Gasteiger charge is 2.28. The van der Waals surface area contributed by atoms with Crippen molar-refractivity contribution in [2.75, 3.05) is 5.32 Å². The van der Waals surface area contributed by atoms with Crippen molar-refractivity contribution in [2.45, 2.75) is 65.0 Å². The Morgan fingerprint density at radius 3 is 2.50 bits per heavy atom. The standard InChI is InChI=1S/C25H30N4O3/c1-15-6-5-7-21(27-15)24(31)28-22-12-18-14-26-29(23(18)13-20(22)25(3,4)32)19-10-8-17(9-11-19)16(2)30/h5-7,12-14,17,19,32H,8-11H2,1-4H3,(H,28,31). The van der Waals surface area contributed by atoms with Crippen LogP contribution in [-0.2, 0) is 10.4 Å². The summed E-state index contributed by atoms with van der Waals surface area (Å²) in [6, 6.07) is 9.29. The highest BCUT2D eigenvalue weighted by Crippen LogP contribution is 2.37. The van der Waals surface area contributed by atoms with Gasteiger partial charge in [-0.1, -0.05) is 6.07 Å². The summed E-state index contributed by atoms with van der Waals surface area (Å²) in [4.78, 5) is 28.8. The smallest absolute Gasteiger partial charge is 0.274 e. The molecule has 1 saturated carbocycles. The zero-order valence-electron chi connectivity index (χ0n) is 19.1. The third kappa shape index (κ3) is 4.43. The number of fused-ring (bicyclic) bond motifs is 1. The van der Waals surface area contributed by atoms with Crippen molar-refractivity contribution in [3.63, 3.8) is 0 Å². The van der Waals surface area contributed by atoms with E-state index in [1.165, 1.54) is 0 Å². The van der Waals surface area contributed by atoms with Crippen LogP contribution in [0.2, 0.25) is 0 Å². The molecule has 0 unspecified atom stereocenters. The first kappa shape index (κ1) is 22.1. The molecule has 2 heterocycles. The summed E-state index contributed by atoms with van der Waals surface area (Å²) in [5, 5.41) is 19.3. The molecule has 1 amide bonds. The van der Waals surface area contributed by atoms with Crippen LogP contribution in [0.1, 0.15) is 74.2 Å². The Hall–Kier alpha value is -3.06. The van der Waals surface area contributed by atoms with Gasteiger partial charge >= 0.3 is 0 Å². The number of rotatable bonds is 5. The van der Waals surface area contributed by atoms with Crippen LogP contribution in [0.3, 0.4) is 0 Å². The normalized spacial score (nSPS) is 19.2. The molecule has 32 heavy (non-hydrogen) atoms. The average molecular weight is 435 g/mol. The first-order valence-corrected chi connectivity index (χ1v) is 11.1. The minimum Gasteiger partial charge on any atom is -0.386 e. The summed E-state index contributed by atoms with van der Waals surface area (Å²) >= 11 is 0. The fraction of sp³-hybridized carbons (Fsp3) is 0.440. The van der Waals surface area contributed by atoms with E-state index in [-0.39, 0.29) is 23.7 Å². The van der Waals surface area contributed by atoms with E-state index in [0.717, 1.165) is 42.3 Å². The Morgan fingerprint density at radius 1 is 1.16 bits per heavy atom. The predicted octanol–water partition coefficient (Wildman–Crippen LogP) is 4.54. The molecule has 0 saturated heterocycles. The second-order valence-electron chi connectivity index (χ2n) is 9.34. The molecule has 1 aliphatic rings. The van der Waals surface area contributed by atoms with Crippen molar-refractivity contribution in [3.05, 3.63) is 53.5 Å². The molecule has 168 valence electrons. The number of aryl methyl sites for hydroxylation is 1. The van der Waals surface area contributed by atoms with E-state index in [0.29, 0.717) is 16.9 Å². The van der Waals surface area contributed by atoms with Crippen LogP contribution in [0.15, 0.2) is 36.5 Å². The number of ketones is 1. The Labute approximate surface area is 187 Å². The lowest BCUT2D eigenvalue weighted by molar-refractivity contribution is -0.121. The number of pyridine rings is 1. The van der Waals surface area contributed by atoms with E-state index < -0.39 is 5.60 Å². The number of nitrogens with zero attached hydrogens (tertiary/aromatic N) is 3. The molecule has 0 radical (unpaired) electrons. The molecule has 0 aliphatic heterocycles. The van der Waals surface area contributed by atoms with Gasteiger partial charge in [-0.05, 0) is 77.6 Å². The van der Waals surface area contributed by atoms with E-state index >= 15 is 0 Å². The van der Waals surface area contributed by atoms with Gasteiger partial charge in [0.2, 0.25) is 0 Å². The fourth-order valence-electron chi connectivity index (χ4n) is 4.58. The van der Waals surface area contributed by atoms with E-state index in [9.17, 15) is 14.7 Å². The zero-order valence-corrected chi connectivity index (χ0v) is 19.1. The van der Waals surface area contributed by atoms with Crippen LogP contribution in [0.5, 0.6) is 0 Å². The largest absolute Gasteiger partial charge is 0.386 e. The monoisotopic (exact) mass is 434 g/mol. The minimum atomic E-state index is -1.17. The number of carbonyl (C=O) groups is 2. The molecule has 7 heteroatoms. The number of Topliss-reactive ketones (excluding diaryl/α,β-unsaturated/α-hetero) is 1. The maximum atomic E-state index is 12.8. The third-order valence-electron chi connectivity index (χ3n) is 6.38. The summed E-state index contributed by atoms with van der Waals surface area (Å²) in [6.07, 6.45) is 5.34. The predicted molar refractivity (Wildman–Crippen MR) is 124 cm³/mol. The molecule has 3 aromatic rings. The SMILES string of the molecule is CC(=O)C1CCC(n2ncc3cc(NC(=O)c4cccc(C)n4)c(C(C)(C)O)cc32)CC1. The summed E-state index contributed by atoms with van der Waals surface area (Å²) < 4.78 is 2.01. The number of nitrogens with one attached hydrogen (secondary N) is 1. The first-order chi connectivity index (χ1) is 15.1. The third-order valence-corrected chi connectivity index (χ3v) is 6.38. The Morgan fingerprint density at radius 2 is 1.88 bits per heavy atom. The fourth-order valence-corrected chi connectivity index (χ4v) is 4.58. The molecule has 2 N–H and O–H groups in total. The molecule has 1 aliphatic carbocycles. The Bertz CT molecular complexity index is 1170. The Balaban J connectivity index is 1.68. The average Bonchev–Trinajstić information content (AvgIpc) is 3.15. The zero-order chi connectivity index (χ0) is 23.0. The maximum absolute atomic E-state index is 12.8. The second kappa shape index (κ2) is 8.47. The van der Waals surface area contributed by atoms with E-state index in [1.807, 2.05) is 29.8 Å². The number of hydrogen-bond donors (Lipinski definition) is 2. The molecule has 2 aromatic heterocycles. The molecular weight excluding hydrogens is 404 g/mol. The molecule has 7 nitrogen and oxygen atoms in total. The van der Waals surface area contributed by atoms with Crippen molar-refractivity contribution in [2.24, 2.45) is 5.92 Å². The van der Waals surface area contributed by atoms with Gasteiger partial charge in [-0.2, -0.15) is 5.10 Å². The van der Waals surface area contributed by atoms with Crippen LogP contribution in [0, 0.1) is 12.8 Å². The van der Waals surface area contributed by atoms with E-state index in [1.54, 1.807) is 39.1 Å². The number of aliphatic hydroxyl groups is 1. The van der Waals surface area contributed by atoms with Gasteiger partial charge in [0, 0.05) is 28.2 Å². The lowest BCUT2D eigenvalue weighted by Crippen LogP contribution is -2.23. The molecular formula is C25H30N4O3. The first-order valence-electron chi connectivity index (χ1n) is 11.1. The van der Waals surface area contributed by atoms with Crippen LogP contribution < -0.4 is 5.32 Å². The quantitative estimate of drug-likeness (QED) is 0.614. The highest BCUT2D eigenvalue weighted by atomic mass is 16.3. The van der Waals surface area contributed by atoms with Gasteiger partial charge in [0.15, 0.2) is 0 Å². The number of amides is 1. The summed E-state index contributed by atoms with van der Waals surface area (Å²) in [5.41, 5.74) is 1.99. The van der Waals surface area contributed by atoms with Gasteiger partial charge in [-0.15, -0.1) is 0 Å². The number of benzene rings is 1. The van der Waals surface area contributed by atoms with Crippen molar-refractivity contribution in [1.29, 1.82) is 0 Å². The summed E-state index contributed by atoms with van der Waals surface area (Å²) in [6.45, 7) is 6.91. The topological polar surface area (TPSA) is 97.1 Å². The summed E-state index contributed by atoms with van der Waals surface area (Å²) in [5.74, 6) is 0.0899. The molecule has 0 bridgehead atoms. The van der Waals surface area contributed by atoms with Gasteiger partial charge in [0.05, 0.1) is 23.4 Å². The second-order valence-corrected chi connectivity index (χ2v) is 9.34. The van der Waals surface area contributed by atoms with Crippen LogP contribution in [0.25, 0.3) is 10.9 Å². The van der Waals surface area contributed by atoms with Crippen molar-refractivity contribution in [1.82, 2.24) is 14.8 Å². The lowest BCUT2D eigenvalue weighted by atomic mass is 9.84. The van der Waals surface area contributed by atoms with Gasteiger partial charge in [0.1, 0.15) is 11.5 Å². The van der Waals surface area contributed by atoms with Crippen LogP contribution >= 0.6 is 0 Å². The summed E-state index contributed by atoms with van der Waals surface area (Å²) in [7, 11) is 0. The molecule has 1 fully saturated rings. The van der Waals surface area contributed by atoms with Gasteiger partial charge in [-0.25, -0.2) is 4.98 Å². The van der Waals surface area contributed by atoms with Crippen LogP contribution in [0.4, 0.5) is 5.69 Å². The molecule has 0 spiro atoms. The van der Waals surface area contributed by atoms with Gasteiger partial charge in [-0.3, -0.25) is 14.3 Å². The number of hydrogen-bond acceptors (Lipinski definition) is 5. The Kier molecular flexibility index (Phi) is 5.86.